The van der Waals surface area contributed by atoms with Gasteiger partial charge in [-0.1, -0.05) is 0 Å². The van der Waals surface area contributed by atoms with Crippen LogP contribution in [0.15, 0.2) is 24.3 Å². The third-order valence-corrected chi connectivity index (χ3v) is 5.27. The highest BCUT2D eigenvalue weighted by Gasteiger charge is 2.37. The molecule has 8 heteroatoms. The maximum absolute atomic E-state index is 11.5. The van der Waals surface area contributed by atoms with E-state index >= 15 is 0 Å². The van der Waals surface area contributed by atoms with Crippen molar-refractivity contribution >= 4 is 5.91 Å². The molecule has 146 valence electrons. The van der Waals surface area contributed by atoms with Crippen molar-refractivity contribution in [3.8, 4) is 5.75 Å². The van der Waals surface area contributed by atoms with E-state index in [0.717, 1.165) is 43.1 Å². The van der Waals surface area contributed by atoms with Crippen LogP contribution in [0.3, 0.4) is 0 Å². The molecule has 0 spiro atoms. The van der Waals surface area contributed by atoms with Crippen LogP contribution in [0, 0.1) is 5.92 Å². The molecule has 1 aromatic heterocycles. The molecule has 1 aromatic carbocycles. The molecule has 2 aromatic rings. The summed E-state index contributed by atoms with van der Waals surface area (Å²) in [6.45, 7) is 7.97. The summed E-state index contributed by atoms with van der Waals surface area (Å²) in [6, 6.07) is 8.04. The molecule has 1 aliphatic rings. The monoisotopic (exact) mass is 373 g/mol. The average molecular weight is 373 g/mol. The predicted molar refractivity (Wildman–Crippen MR) is 100 cm³/mol. The molecule has 1 atom stereocenters. The number of likely N-dealkylation sites (tertiary alicyclic amines) is 1. The Morgan fingerprint density at radius 1 is 1.26 bits per heavy atom. The molecule has 8 nitrogen and oxygen atoms in total. The van der Waals surface area contributed by atoms with Crippen molar-refractivity contribution in [2.75, 3.05) is 20.2 Å². The number of amides is 1. The normalized spacial score (nSPS) is 21.6. The van der Waals surface area contributed by atoms with Gasteiger partial charge < -0.3 is 15.4 Å². The average Bonchev–Trinajstić information content (AvgIpc) is 3.13. The summed E-state index contributed by atoms with van der Waals surface area (Å²) in [4.78, 5) is 12.9. The fourth-order valence-electron chi connectivity index (χ4n) is 3.78. The van der Waals surface area contributed by atoms with Gasteiger partial charge in [0.2, 0.25) is 11.7 Å². The lowest BCUT2D eigenvalue weighted by atomic mass is 9.93. The fourth-order valence-corrected chi connectivity index (χ4v) is 3.78. The standard InChI is InChI=1S/C19H28N6O2/c1-19(2,3)25-18(21-22-23-25)16(13-5-7-15(27-4)8-6-13)24-11-9-14(10-12-24)17(20)26/h5-8,14,16H,9-12H2,1-4H3,(H2,20,26)/p+1/t16-/m1/s1. The van der Waals surface area contributed by atoms with Crippen LogP contribution in [0.2, 0.25) is 0 Å². The first kappa shape index (κ1) is 19.3. The van der Waals surface area contributed by atoms with Crippen LogP contribution in [-0.4, -0.2) is 46.3 Å². The molecule has 0 unspecified atom stereocenters. The number of benzene rings is 1. The Hall–Kier alpha value is -2.48. The minimum atomic E-state index is -0.228. The number of quaternary nitrogens is 1. The summed E-state index contributed by atoms with van der Waals surface area (Å²) >= 11 is 0. The van der Waals surface area contributed by atoms with Gasteiger partial charge >= 0.3 is 0 Å². The van der Waals surface area contributed by atoms with E-state index in [9.17, 15) is 4.79 Å². The van der Waals surface area contributed by atoms with Crippen molar-refractivity contribution in [3.05, 3.63) is 35.7 Å². The third kappa shape index (κ3) is 4.10. The number of ether oxygens (including phenoxy) is 1. The SMILES string of the molecule is COc1ccc([C@H](c2nnnn2C(C)(C)C)[NH+]2CCC(C(N)=O)CC2)cc1. The molecule has 0 saturated carbocycles. The molecule has 0 aliphatic carbocycles. The highest BCUT2D eigenvalue weighted by molar-refractivity contribution is 5.76. The first-order chi connectivity index (χ1) is 12.8. The van der Waals surface area contributed by atoms with Gasteiger partial charge in [-0.25, -0.2) is 4.68 Å². The largest absolute Gasteiger partial charge is 0.497 e. The first-order valence-electron chi connectivity index (χ1n) is 9.38. The van der Waals surface area contributed by atoms with Gasteiger partial charge in [-0.2, -0.15) is 0 Å². The molecule has 1 fully saturated rings. The number of carbonyl (C=O) groups is 1. The van der Waals surface area contributed by atoms with Gasteiger partial charge in [0.05, 0.1) is 25.7 Å². The van der Waals surface area contributed by atoms with E-state index < -0.39 is 0 Å². The van der Waals surface area contributed by atoms with Crippen molar-refractivity contribution in [1.82, 2.24) is 20.2 Å². The molecule has 1 aliphatic heterocycles. The maximum Gasteiger partial charge on any atom is 0.220 e. The van der Waals surface area contributed by atoms with Crippen molar-refractivity contribution in [2.45, 2.75) is 45.2 Å². The minimum Gasteiger partial charge on any atom is -0.497 e. The molecule has 2 heterocycles. The summed E-state index contributed by atoms with van der Waals surface area (Å²) in [5.74, 6) is 1.41. The van der Waals surface area contributed by atoms with E-state index in [4.69, 9.17) is 10.5 Å². The van der Waals surface area contributed by atoms with Crippen LogP contribution < -0.4 is 15.4 Å². The topological polar surface area (TPSA) is 100 Å². The molecular weight excluding hydrogens is 344 g/mol. The number of hydrogen-bond acceptors (Lipinski definition) is 5. The number of tetrazole rings is 1. The van der Waals surface area contributed by atoms with E-state index in [1.54, 1.807) is 7.11 Å². The Labute approximate surface area is 159 Å². The number of aromatic nitrogens is 4. The molecule has 0 bridgehead atoms. The van der Waals surface area contributed by atoms with Crippen LogP contribution in [0.1, 0.15) is 51.0 Å². The summed E-state index contributed by atoms with van der Waals surface area (Å²) in [5.41, 5.74) is 6.41. The minimum absolute atomic E-state index is 0.0149. The molecule has 0 radical (unpaired) electrons. The molecular formula is C19H29N6O2+. The summed E-state index contributed by atoms with van der Waals surface area (Å²) in [5, 5.41) is 12.6. The number of rotatable bonds is 5. The zero-order chi connectivity index (χ0) is 19.6. The van der Waals surface area contributed by atoms with E-state index in [1.807, 2.05) is 16.8 Å². The third-order valence-electron chi connectivity index (χ3n) is 5.27. The molecule has 3 N–H and O–H groups in total. The van der Waals surface area contributed by atoms with Crippen LogP contribution in [-0.2, 0) is 10.3 Å². The van der Waals surface area contributed by atoms with E-state index in [2.05, 4.69) is 48.4 Å². The molecule has 1 saturated heterocycles. The number of methoxy groups -OCH3 is 1. The second kappa shape index (κ2) is 7.64. The van der Waals surface area contributed by atoms with E-state index in [-0.39, 0.29) is 23.4 Å². The summed E-state index contributed by atoms with van der Waals surface area (Å²) in [6.07, 6.45) is 1.57. The molecule has 3 rings (SSSR count). The molecule has 1 amide bonds. The lowest BCUT2D eigenvalue weighted by Crippen LogP contribution is -3.13. The van der Waals surface area contributed by atoms with Crippen LogP contribution in [0.4, 0.5) is 0 Å². The Kier molecular flexibility index (Phi) is 5.46. The zero-order valence-corrected chi connectivity index (χ0v) is 16.5. The Morgan fingerprint density at radius 2 is 1.89 bits per heavy atom. The van der Waals surface area contributed by atoms with Crippen LogP contribution in [0.25, 0.3) is 0 Å². The smallest absolute Gasteiger partial charge is 0.220 e. The van der Waals surface area contributed by atoms with Gasteiger partial charge in [0, 0.05) is 24.3 Å². The van der Waals surface area contributed by atoms with Crippen molar-refractivity contribution in [2.24, 2.45) is 11.7 Å². The first-order valence-corrected chi connectivity index (χ1v) is 9.38. The zero-order valence-electron chi connectivity index (χ0n) is 16.5. The number of nitrogens with one attached hydrogen (secondary N) is 1. The highest BCUT2D eigenvalue weighted by atomic mass is 16.5. The fraction of sp³-hybridized carbons (Fsp3) is 0.579. The summed E-state index contributed by atoms with van der Waals surface area (Å²) in [7, 11) is 1.66. The van der Waals surface area contributed by atoms with Gasteiger partial charge in [-0.15, -0.1) is 5.10 Å². The Balaban J connectivity index is 1.97. The van der Waals surface area contributed by atoms with E-state index in [1.165, 1.54) is 4.90 Å². The highest BCUT2D eigenvalue weighted by Crippen LogP contribution is 2.25. The number of carbonyl (C=O) groups excluding carboxylic acids is 1. The number of nitrogens with two attached hydrogens (primary N) is 1. The predicted octanol–water partition coefficient (Wildman–Crippen LogP) is 0.306. The number of nitrogens with zero attached hydrogens (tertiary/aromatic N) is 4. The van der Waals surface area contributed by atoms with Gasteiger partial charge in [0.1, 0.15) is 5.75 Å². The number of piperidine rings is 1. The van der Waals surface area contributed by atoms with Crippen molar-refractivity contribution in [3.63, 3.8) is 0 Å². The lowest BCUT2D eigenvalue weighted by molar-refractivity contribution is -0.931. The lowest BCUT2D eigenvalue weighted by Gasteiger charge is -2.34. The van der Waals surface area contributed by atoms with Crippen LogP contribution in [0.5, 0.6) is 5.75 Å². The van der Waals surface area contributed by atoms with Gasteiger partial charge in [-0.3, -0.25) is 4.79 Å². The van der Waals surface area contributed by atoms with Crippen molar-refractivity contribution in [1.29, 1.82) is 0 Å². The maximum atomic E-state index is 11.5. The number of hydrogen-bond donors (Lipinski definition) is 2. The van der Waals surface area contributed by atoms with Crippen LogP contribution >= 0.6 is 0 Å². The van der Waals surface area contributed by atoms with Gasteiger partial charge in [0.25, 0.3) is 0 Å². The summed E-state index contributed by atoms with van der Waals surface area (Å²) < 4.78 is 7.20. The number of primary amides is 1. The molecule has 27 heavy (non-hydrogen) atoms. The van der Waals surface area contributed by atoms with E-state index in [0.29, 0.717) is 0 Å². The quantitative estimate of drug-likeness (QED) is 0.785. The van der Waals surface area contributed by atoms with Gasteiger partial charge in [0.15, 0.2) is 6.04 Å². The van der Waals surface area contributed by atoms with Gasteiger partial charge in [-0.05, 0) is 55.5 Å². The second-order valence-corrected chi connectivity index (χ2v) is 8.16. The Bertz CT molecular complexity index is 772. The second-order valence-electron chi connectivity index (χ2n) is 8.16. The van der Waals surface area contributed by atoms with Crippen molar-refractivity contribution < 1.29 is 14.4 Å². The Morgan fingerprint density at radius 3 is 2.41 bits per heavy atom.